The lowest BCUT2D eigenvalue weighted by Crippen LogP contribution is -1.99. The van der Waals surface area contributed by atoms with Gasteiger partial charge < -0.3 is 5.11 Å². The fraction of sp³-hybridized carbons (Fsp3) is 0.143. The molecule has 0 spiro atoms. The van der Waals surface area contributed by atoms with E-state index < -0.39 is 6.10 Å². The van der Waals surface area contributed by atoms with E-state index in [2.05, 4.69) is 0 Å². The van der Waals surface area contributed by atoms with E-state index in [1.54, 1.807) is 6.07 Å². The Morgan fingerprint density at radius 1 is 1.00 bits per heavy atom. The highest BCUT2D eigenvalue weighted by molar-refractivity contribution is 6.30. The van der Waals surface area contributed by atoms with Crippen LogP contribution in [0.4, 0.5) is 0 Å². The number of rotatable bonds is 2. The van der Waals surface area contributed by atoms with E-state index in [0.717, 1.165) is 16.7 Å². The lowest BCUT2D eigenvalue weighted by molar-refractivity contribution is 0.220. The van der Waals surface area contributed by atoms with Gasteiger partial charge in [0.1, 0.15) is 6.10 Å². The Labute approximate surface area is 100 Å². The molecule has 82 valence electrons. The maximum atomic E-state index is 10.2. The van der Waals surface area contributed by atoms with Gasteiger partial charge in [-0.25, -0.2) is 0 Å². The van der Waals surface area contributed by atoms with Crippen molar-refractivity contribution in [3.8, 4) is 0 Å². The lowest BCUT2D eigenvalue weighted by atomic mass is 10.0. The van der Waals surface area contributed by atoms with Crippen LogP contribution in [-0.2, 0) is 0 Å². The maximum Gasteiger partial charge on any atom is 0.104 e. The molecule has 0 heterocycles. The molecule has 0 saturated carbocycles. The standard InChI is InChI=1S/C14H13ClO/c1-10-7-12(9-13(15)8-10)14(16)11-5-3-2-4-6-11/h2-9,14,16H,1H3. The summed E-state index contributed by atoms with van der Waals surface area (Å²) in [6.45, 7) is 1.97. The van der Waals surface area contributed by atoms with Crippen molar-refractivity contribution in [3.63, 3.8) is 0 Å². The number of halogens is 1. The molecule has 1 unspecified atom stereocenters. The maximum absolute atomic E-state index is 10.2. The molecular formula is C14H13ClO. The van der Waals surface area contributed by atoms with Crippen LogP contribution in [0, 0.1) is 6.92 Å². The van der Waals surface area contributed by atoms with Gasteiger partial charge in [-0.2, -0.15) is 0 Å². The van der Waals surface area contributed by atoms with E-state index in [1.807, 2.05) is 49.4 Å². The molecule has 0 aromatic heterocycles. The van der Waals surface area contributed by atoms with Gasteiger partial charge in [-0.3, -0.25) is 0 Å². The molecule has 1 atom stereocenters. The van der Waals surface area contributed by atoms with Crippen LogP contribution in [0.15, 0.2) is 48.5 Å². The number of aryl methyl sites for hydroxylation is 1. The number of aliphatic hydroxyl groups is 1. The molecule has 1 N–H and O–H groups in total. The number of hydrogen-bond donors (Lipinski definition) is 1. The molecule has 2 heteroatoms. The van der Waals surface area contributed by atoms with Gasteiger partial charge in [-0.1, -0.05) is 48.0 Å². The summed E-state index contributed by atoms with van der Waals surface area (Å²) in [5, 5.41) is 10.8. The zero-order valence-corrected chi connectivity index (χ0v) is 9.78. The molecule has 0 fully saturated rings. The van der Waals surface area contributed by atoms with Crippen molar-refractivity contribution in [1.29, 1.82) is 0 Å². The molecule has 0 saturated heterocycles. The van der Waals surface area contributed by atoms with Gasteiger partial charge in [0.05, 0.1) is 0 Å². The normalized spacial score (nSPS) is 12.4. The zero-order chi connectivity index (χ0) is 11.5. The molecule has 1 nitrogen and oxygen atoms in total. The summed E-state index contributed by atoms with van der Waals surface area (Å²) < 4.78 is 0. The van der Waals surface area contributed by atoms with E-state index in [-0.39, 0.29) is 0 Å². The fourth-order valence-corrected chi connectivity index (χ4v) is 2.05. The highest BCUT2D eigenvalue weighted by atomic mass is 35.5. The molecule has 0 aliphatic rings. The minimum absolute atomic E-state index is 0.612. The summed E-state index contributed by atoms with van der Waals surface area (Å²) in [4.78, 5) is 0. The van der Waals surface area contributed by atoms with Crippen LogP contribution < -0.4 is 0 Å². The Balaban J connectivity index is 2.37. The van der Waals surface area contributed by atoms with Crippen LogP contribution in [0.3, 0.4) is 0 Å². The molecule has 0 bridgehead atoms. The van der Waals surface area contributed by atoms with Crippen LogP contribution in [0.5, 0.6) is 0 Å². The Kier molecular flexibility index (Phi) is 3.28. The molecule has 16 heavy (non-hydrogen) atoms. The monoisotopic (exact) mass is 232 g/mol. The Morgan fingerprint density at radius 3 is 2.31 bits per heavy atom. The quantitative estimate of drug-likeness (QED) is 0.837. The van der Waals surface area contributed by atoms with Crippen molar-refractivity contribution in [2.45, 2.75) is 13.0 Å². The van der Waals surface area contributed by atoms with Crippen LogP contribution in [0.2, 0.25) is 5.02 Å². The van der Waals surface area contributed by atoms with E-state index in [1.165, 1.54) is 0 Å². The summed E-state index contributed by atoms with van der Waals surface area (Å²) in [6, 6.07) is 15.2. The highest BCUT2D eigenvalue weighted by Crippen LogP contribution is 2.25. The molecule has 2 rings (SSSR count). The van der Waals surface area contributed by atoms with Crippen LogP contribution in [-0.4, -0.2) is 5.11 Å². The largest absolute Gasteiger partial charge is 0.384 e. The lowest BCUT2D eigenvalue weighted by Gasteiger charge is -2.12. The average Bonchev–Trinajstić information content (AvgIpc) is 2.28. The second-order valence-electron chi connectivity index (χ2n) is 3.88. The molecule has 2 aromatic carbocycles. The first-order chi connectivity index (χ1) is 7.66. The predicted octanol–water partition coefficient (Wildman–Crippen LogP) is 3.73. The van der Waals surface area contributed by atoms with Crippen molar-refractivity contribution in [3.05, 3.63) is 70.2 Å². The molecule has 0 aliphatic carbocycles. The first-order valence-corrected chi connectivity index (χ1v) is 5.55. The summed E-state index contributed by atoms with van der Waals surface area (Å²) in [6.07, 6.45) is -0.612. The Bertz CT molecular complexity index is 459. The third kappa shape index (κ3) is 2.43. The van der Waals surface area contributed by atoms with Crippen molar-refractivity contribution < 1.29 is 5.11 Å². The second kappa shape index (κ2) is 4.69. The molecule has 0 radical (unpaired) electrons. The van der Waals surface area contributed by atoms with Crippen LogP contribution in [0.25, 0.3) is 0 Å². The van der Waals surface area contributed by atoms with Crippen LogP contribution in [0.1, 0.15) is 22.8 Å². The van der Waals surface area contributed by atoms with Crippen molar-refractivity contribution in [1.82, 2.24) is 0 Å². The fourth-order valence-electron chi connectivity index (χ4n) is 1.75. The molecule has 0 aliphatic heterocycles. The third-order valence-electron chi connectivity index (χ3n) is 2.50. The Hall–Kier alpha value is -1.31. The highest BCUT2D eigenvalue weighted by Gasteiger charge is 2.10. The van der Waals surface area contributed by atoms with Gasteiger partial charge in [-0.05, 0) is 35.7 Å². The first kappa shape index (κ1) is 11.2. The second-order valence-corrected chi connectivity index (χ2v) is 4.31. The third-order valence-corrected chi connectivity index (χ3v) is 2.71. The van der Waals surface area contributed by atoms with Gasteiger partial charge in [0.2, 0.25) is 0 Å². The SMILES string of the molecule is Cc1cc(Cl)cc(C(O)c2ccccc2)c1. The number of benzene rings is 2. The van der Waals surface area contributed by atoms with Gasteiger partial charge in [0.15, 0.2) is 0 Å². The van der Waals surface area contributed by atoms with Crippen molar-refractivity contribution >= 4 is 11.6 Å². The van der Waals surface area contributed by atoms with E-state index in [0.29, 0.717) is 5.02 Å². The van der Waals surface area contributed by atoms with Gasteiger partial charge in [0.25, 0.3) is 0 Å². The van der Waals surface area contributed by atoms with Gasteiger partial charge in [-0.15, -0.1) is 0 Å². The average molecular weight is 233 g/mol. The van der Waals surface area contributed by atoms with Crippen LogP contribution >= 0.6 is 11.6 Å². The number of hydrogen-bond acceptors (Lipinski definition) is 1. The van der Waals surface area contributed by atoms with E-state index in [9.17, 15) is 5.11 Å². The Morgan fingerprint density at radius 2 is 1.69 bits per heavy atom. The molecular weight excluding hydrogens is 220 g/mol. The zero-order valence-electron chi connectivity index (χ0n) is 9.02. The topological polar surface area (TPSA) is 20.2 Å². The summed E-state index contributed by atoms with van der Waals surface area (Å²) >= 11 is 5.97. The molecule has 2 aromatic rings. The van der Waals surface area contributed by atoms with Gasteiger partial charge in [0, 0.05) is 5.02 Å². The summed E-state index contributed by atoms with van der Waals surface area (Å²) in [5.41, 5.74) is 2.76. The minimum atomic E-state index is -0.612. The molecule has 0 amide bonds. The number of aliphatic hydroxyl groups excluding tert-OH is 1. The van der Waals surface area contributed by atoms with E-state index in [4.69, 9.17) is 11.6 Å². The van der Waals surface area contributed by atoms with Crippen molar-refractivity contribution in [2.75, 3.05) is 0 Å². The summed E-state index contributed by atoms with van der Waals surface area (Å²) in [5.74, 6) is 0. The first-order valence-electron chi connectivity index (χ1n) is 5.17. The van der Waals surface area contributed by atoms with Gasteiger partial charge >= 0.3 is 0 Å². The summed E-state index contributed by atoms with van der Waals surface area (Å²) in [7, 11) is 0. The van der Waals surface area contributed by atoms with Crippen molar-refractivity contribution in [2.24, 2.45) is 0 Å². The predicted molar refractivity (Wildman–Crippen MR) is 66.7 cm³/mol. The van der Waals surface area contributed by atoms with E-state index >= 15 is 0 Å². The smallest absolute Gasteiger partial charge is 0.104 e. The minimum Gasteiger partial charge on any atom is -0.384 e.